The van der Waals surface area contributed by atoms with Crippen LogP contribution in [0.4, 0.5) is 0 Å². The first-order chi connectivity index (χ1) is 23.2. The van der Waals surface area contributed by atoms with Crippen LogP contribution in [-0.4, -0.2) is 19.9 Å². The molecule has 10 aromatic rings. The summed E-state index contributed by atoms with van der Waals surface area (Å²) in [5.74, 6) is 1.74. The molecule has 0 saturated heterocycles. The second-order valence-corrected chi connectivity index (χ2v) is 12.5. The first-order valence-corrected chi connectivity index (χ1v) is 16.1. The Morgan fingerprint density at radius 3 is 2.00 bits per heavy atom. The number of thiazole rings is 1. The molecule has 4 heterocycles. The SMILES string of the molecule is c1ccc(-c2nc(-c3ccc4c(c3)oc3ccccc34)nc(-c3cccc4oc5cc(-c6nc7ccccc7s6)ccc5c34)n2)cc1. The van der Waals surface area contributed by atoms with Crippen LogP contribution in [0.15, 0.2) is 142 Å². The summed E-state index contributed by atoms with van der Waals surface area (Å²) in [5, 5.41) is 5.06. The fourth-order valence-electron chi connectivity index (χ4n) is 6.35. The summed E-state index contributed by atoms with van der Waals surface area (Å²) in [6.45, 7) is 0. The minimum Gasteiger partial charge on any atom is -0.456 e. The van der Waals surface area contributed by atoms with E-state index in [4.69, 9.17) is 28.8 Å². The molecule has 10 rings (SSSR count). The lowest BCUT2D eigenvalue weighted by atomic mass is 10.0. The maximum atomic E-state index is 6.45. The minimum absolute atomic E-state index is 0.569. The van der Waals surface area contributed by atoms with Gasteiger partial charge in [-0.05, 0) is 48.5 Å². The molecule has 0 fully saturated rings. The number of benzene rings is 6. The van der Waals surface area contributed by atoms with Crippen LogP contribution in [0.3, 0.4) is 0 Å². The molecule has 47 heavy (non-hydrogen) atoms. The zero-order valence-corrected chi connectivity index (χ0v) is 25.5. The van der Waals surface area contributed by atoms with E-state index in [0.29, 0.717) is 17.5 Å². The summed E-state index contributed by atoms with van der Waals surface area (Å²) in [6, 6.07) is 44.8. The Morgan fingerprint density at radius 2 is 1.09 bits per heavy atom. The average molecular weight is 623 g/mol. The molecule has 0 unspecified atom stereocenters. The number of furan rings is 2. The second kappa shape index (κ2) is 10.2. The van der Waals surface area contributed by atoms with Gasteiger partial charge in [0.2, 0.25) is 0 Å². The van der Waals surface area contributed by atoms with Crippen molar-refractivity contribution >= 4 is 65.4 Å². The molecule has 0 bridgehead atoms. The van der Waals surface area contributed by atoms with E-state index in [1.807, 2.05) is 84.9 Å². The number of hydrogen-bond acceptors (Lipinski definition) is 7. The Labute approximate surface area is 271 Å². The Balaban J connectivity index is 1.16. The standard InChI is InChI=1S/C40H22N4O2S/c1-2-9-23(10-3-1)37-42-38(24-17-19-27-26-11-4-6-14-31(26)45-33(27)21-24)44-39(43-37)29-12-8-15-32-36(29)28-20-18-25(22-34(28)46-32)40-41-30-13-5-7-16-35(30)47-40/h1-22H. The van der Waals surface area contributed by atoms with Crippen LogP contribution in [0.5, 0.6) is 0 Å². The van der Waals surface area contributed by atoms with Crippen LogP contribution in [0.1, 0.15) is 0 Å². The van der Waals surface area contributed by atoms with Crippen LogP contribution in [0, 0.1) is 0 Å². The molecule has 0 spiro atoms. The molecule has 0 aliphatic rings. The van der Waals surface area contributed by atoms with Gasteiger partial charge in [-0.15, -0.1) is 11.3 Å². The van der Waals surface area contributed by atoms with Gasteiger partial charge in [0.25, 0.3) is 0 Å². The van der Waals surface area contributed by atoms with E-state index in [2.05, 4.69) is 48.5 Å². The molecule has 0 amide bonds. The molecule has 6 aromatic carbocycles. The number of hydrogen-bond donors (Lipinski definition) is 0. The van der Waals surface area contributed by atoms with Crippen molar-refractivity contribution in [2.45, 2.75) is 0 Å². The third-order valence-electron chi connectivity index (χ3n) is 8.58. The summed E-state index contributed by atoms with van der Waals surface area (Å²) < 4.78 is 13.8. The normalized spacial score (nSPS) is 11.8. The topological polar surface area (TPSA) is 77.8 Å². The molecule has 0 radical (unpaired) electrons. The maximum Gasteiger partial charge on any atom is 0.164 e. The number of aromatic nitrogens is 4. The van der Waals surface area contributed by atoms with Gasteiger partial charge in [-0.3, -0.25) is 0 Å². The molecule has 0 aliphatic carbocycles. The van der Waals surface area contributed by atoms with E-state index >= 15 is 0 Å². The Morgan fingerprint density at radius 1 is 0.426 bits per heavy atom. The molecule has 0 aliphatic heterocycles. The van der Waals surface area contributed by atoms with E-state index < -0.39 is 0 Å². The van der Waals surface area contributed by atoms with E-state index in [0.717, 1.165) is 81.4 Å². The van der Waals surface area contributed by atoms with Crippen LogP contribution in [0.25, 0.3) is 98.8 Å². The van der Waals surface area contributed by atoms with E-state index in [9.17, 15) is 0 Å². The van der Waals surface area contributed by atoms with Crippen molar-refractivity contribution in [1.82, 2.24) is 19.9 Å². The number of para-hydroxylation sites is 2. The van der Waals surface area contributed by atoms with Gasteiger partial charge in [0, 0.05) is 43.8 Å². The van der Waals surface area contributed by atoms with Crippen molar-refractivity contribution in [2.24, 2.45) is 0 Å². The van der Waals surface area contributed by atoms with Gasteiger partial charge in [-0.1, -0.05) is 84.9 Å². The Hall–Kier alpha value is -6.18. The van der Waals surface area contributed by atoms with Crippen LogP contribution in [-0.2, 0) is 0 Å². The lowest BCUT2D eigenvalue weighted by molar-refractivity contribution is 0.668. The molecular formula is C40H22N4O2S. The van der Waals surface area contributed by atoms with Crippen molar-refractivity contribution in [3.8, 4) is 44.7 Å². The fourth-order valence-corrected chi connectivity index (χ4v) is 7.31. The number of fused-ring (bicyclic) bond motifs is 7. The Bertz CT molecular complexity index is 2780. The second-order valence-electron chi connectivity index (χ2n) is 11.5. The van der Waals surface area contributed by atoms with Crippen molar-refractivity contribution < 1.29 is 8.83 Å². The molecule has 4 aromatic heterocycles. The molecule has 220 valence electrons. The highest BCUT2D eigenvalue weighted by atomic mass is 32.1. The lowest BCUT2D eigenvalue weighted by Crippen LogP contribution is -2.00. The number of nitrogens with zero attached hydrogens (tertiary/aromatic N) is 4. The summed E-state index contributed by atoms with van der Waals surface area (Å²) >= 11 is 1.68. The van der Waals surface area contributed by atoms with Crippen LogP contribution >= 0.6 is 11.3 Å². The quantitative estimate of drug-likeness (QED) is 0.194. The highest BCUT2D eigenvalue weighted by Crippen LogP contribution is 2.39. The molecule has 7 heteroatoms. The summed E-state index contributed by atoms with van der Waals surface area (Å²) in [4.78, 5) is 19.9. The van der Waals surface area contributed by atoms with Gasteiger partial charge < -0.3 is 8.83 Å². The predicted molar refractivity (Wildman–Crippen MR) is 189 cm³/mol. The average Bonchev–Trinajstić information content (AvgIpc) is 3.84. The fraction of sp³-hybridized carbons (Fsp3) is 0. The maximum absolute atomic E-state index is 6.45. The smallest absolute Gasteiger partial charge is 0.164 e. The highest BCUT2D eigenvalue weighted by Gasteiger charge is 2.19. The van der Waals surface area contributed by atoms with Crippen molar-refractivity contribution in [3.63, 3.8) is 0 Å². The van der Waals surface area contributed by atoms with Gasteiger partial charge in [-0.25, -0.2) is 19.9 Å². The van der Waals surface area contributed by atoms with E-state index in [-0.39, 0.29) is 0 Å². The molecule has 0 N–H and O–H groups in total. The molecule has 0 saturated carbocycles. The van der Waals surface area contributed by atoms with Gasteiger partial charge in [-0.2, -0.15) is 0 Å². The van der Waals surface area contributed by atoms with Gasteiger partial charge in [0.05, 0.1) is 10.2 Å². The van der Waals surface area contributed by atoms with Crippen molar-refractivity contribution in [3.05, 3.63) is 133 Å². The highest BCUT2D eigenvalue weighted by molar-refractivity contribution is 7.21. The molecule has 6 nitrogen and oxygen atoms in total. The molecule has 0 atom stereocenters. The molecular weight excluding hydrogens is 601 g/mol. The summed E-state index contributed by atoms with van der Waals surface area (Å²) in [7, 11) is 0. The first-order valence-electron chi connectivity index (χ1n) is 15.3. The third-order valence-corrected chi connectivity index (χ3v) is 9.67. The van der Waals surface area contributed by atoms with E-state index in [1.54, 1.807) is 11.3 Å². The van der Waals surface area contributed by atoms with Crippen LogP contribution < -0.4 is 0 Å². The lowest BCUT2D eigenvalue weighted by Gasteiger charge is -2.09. The van der Waals surface area contributed by atoms with Gasteiger partial charge in [0.15, 0.2) is 17.5 Å². The Kier molecular flexibility index (Phi) is 5.64. The largest absolute Gasteiger partial charge is 0.456 e. The first kappa shape index (κ1) is 26.1. The number of rotatable bonds is 4. The third kappa shape index (κ3) is 4.25. The van der Waals surface area contributed by atoms with Crippen molar-refractivity contribution in [1.29, 1.82) is 0 Å². The van der Waals surface area contributed by atoms with Crippen LogP contribution in [0.2, 0.25) is 0 Å². The van der Waals surface area contributed by atoms with Crippen molar-refractivity contribution in [2.75, 3.05) is 0 Å². The van der Waals surface area contributed by atoms with Gasteiger partial charge >= 0.3 is 0 Å². The zero-order chi connectivity index (χ0) is 30.9. The summed E-state index contributed by atoms with van der Waals surface area (Å²) in [5.41, 5.74) is 7.86. The summed E-state index contributed by atoms with van der Waals surface area (Å²) in [6.07, 6.45) is 0. The monoisotopic (exact) mass is 622 g/mol. The minimum atomic E-state index is 0.569. The zero-order valence-electron chi connectivity index (χ0n) is 24.7. The van der Waals surface area contributed by atoms with Gasteiger partial charge in [0.1, 0.15) is 27.3 Å². The van der Waals surface area contributed by atoms with E-state index in [1.165, 1.54) is 0 Å². The predicted octanol–water partition coefficient (Wildman–Crippen LogP) is 10.9.